The van der Waals surface area contributed by atoms with Gasteiger partial charge in [0.15, 0.2) is 10.8 Å². The number of nitrogen functional groups attached to an aromatic ring is 1. The zero-order valence-corrected chi connectivity index (χ0v) is 21.0. The van der Waals surface area contributed by atoms with Gasteiger partial charge in [0.1, 0.15) is 28.9 Å². The number of nitrogens with one attached hydrogen (secondary N) is 1. The van der Waals surface area contributed by atoms with Crippen LogP contribution in [0.4, 0.5) is 5.13 Å². The van der Waals surface area contributed by atoms with Crippen LogP contribution in [0.1, 0.15) is 18.2 Å². The molecule has 1 unspecified atom stereocenters. The molecular formula is C22H18N6O5S3. The Hall–Kier alpha value is -3.80. The summed E-state index contributed by atoms with van der Waals surface area (Å²) in [7, 11) is 0. The van der Waals surface area contributed by atoms with Crippen molar-refractivity contribution in [3.63, 3.8) is 0 Å². The number of nitrogens with zero attached hydrogens (tertiary/aromatic N) is 4. The van der Waals surface area contributed by atoms with Crippen molar-refractivity contribution in [2.45, 2.75) is 18.3 Å². The van der Waals surface area contributed by atoms with Crippen molar-refractivity contribution in [1.29, 1.82) is 0 Å². The second-order valence-corrected chi connectivity index (χ2v) is 10.1. The number of oxime groups is 1. The van der Waals surface area contributed by atoms with E-state index in [2.05, 4.69) is 32.5 Å². The van der Waals surface area contributed by atoms with Gasteiger partial charge < -0.3 is 21.0 Å². The van der Waals surface area contributed by atoms with Crippen LogP contribution in [-0.4, -0.2) is 60.6 Å². The standard InChI is InChI=1S/C22H18N6O5S3/c1-2-7-33-27-15(13-10-36-22(23)25-13)18(29)26-16-19(30)28-17(21(31)32)14(11-35-20(16)28)34-8-5-12-4-3-6-24-9-12/h3-6,8-10,16,20H,11H2,1H3,(H2,23,25)(H,26,29)(H,31,32)/b8-5-,27-15?/t16?,20-/m1/s1. The lowest BCUT2D eigenvalue weighted by atomic mass is 10.0. The summed E-state index contributed by atoms with van der Waals surface area (Å²) >= 11 is 3.68. The average Bonchev–Trinajstić information content (AvgIpc) is 3.30. The number of thioether (sulfide) groups is 2. The van der Waals surface area contributed by atoms with E-state index in [1.54, 1.807) is 29.9 Å². The molecule has 2 aromatic heterocycles. The number of rotatable bonds is 8. The van der Waals surface area contributed by atoms with Crippen molar-refractivity contribution in [1.82, 2.24) is 20.2 Å². The number of nitrogens with two attached hydrogens (primary N) is 1. The van der Waals surface area contributed by atoms with E-state index in [1.165, 1.54) is 40.7 Å². The molecular weight excluding hydrogens is 524 g/mol. The monoisotopic (exact) mass is 542 g/mol. The van der Waals surface area contributed by atoms with E-state index in [1.807, 2.05) is 6.07 Å². The molecule has 4 heterocycles. The topological polar surface area (TPSA) is 160 Å². The van der Waals surface area contributed by atoms with Crippen molar-refractivity contribution in [3.8, 4) is 12.0 Å². The third kappa shape index (κ3) is 5.38. The second kappa shape index (κ2) is 11.3. The first-order chi connectivity index (χ1) is 17.4. The van der Waals surface area contributed by atoms with Crippen LogP contribution < -0.4 is 11.1 Å². The number of hydrogen-bond acceptors (Lipinski definition) is 11. The van der Waals surface area contributed by atoms with Gasteiger partial charge in [0, 0.05) is 35.4 Å². The summed E-state index contributed by atoms with van der Waals surface area (Å²) in [6.07, 6.45) is 7.40. The summed E-state index contributed by atoms with van der Waals surface area (Å²) in [6, 6.07) is 2.71. The number of carboxylic acids is 1. The second-order valence-electron chi connectivity index (χ2n) is 7.10. The number of thiazole rings is 1. The minimum absolute atomic E-state index is 0.0993. The van der Waals surface area contributed by atoms with Crippen molar-refractivity contribution < 1.29 is 24.3 Å². The fourth-order valence-corrected chi connectivity index (χ4v) is 6.18. The van der Waals surface area contributed by atoms with E-state index in [4.69, 9.17) is 10.6 Å². The molecule has 0 spiro atoms. The lowest BCUT2D eigenvalue weighted by molar-refractivity contribution is -0.150. The first-order valence-electron chi connectivity index (χ1n) is 10.2. The SMILES string of the molecule is CC#CON=C(C(=O)NC1C(=O)N2C(C(=O)O)=C(S/C=C\c3cccnc3)CS[C@H]12)c1csc(N)n1. The Morgan fingerprint density at radius 2 is 2.31 bits per heavy atom. The van der Waals surface area contributed by atoms with Gasteiger partial charge in [0.05, 0.1) is 0 Å². The van der Waals surface area contributed by atoms with Gasteiger partial charge in [-0.15, -0.1) is 23.1 Å². The minimum Gasteiger partial charge on any atom is -0.477 e. The van der Waals surface area contributed by atoms with Gasteiger partial charge in [0.2, 0.25) is 0 Å². The van der Waals surface area contributed by atoms with Gasteiger partial charge in [0.25, 0.3) is 11.8 Å². The molecule has 4 rings (SSSR count). The zero-order chi connectivity index (χ0) is 25.7. The number of carboxylic acid groups (broad SMARTS) is 1. The first kappa shape index (κ1) is 25.3. The number of pyridine rings is 1. The number of β-lactam (4-membered cyclic amide) rings is 1. The molecule has 1 saturated heterocycles. The van der Waals surface area contributed by atoms with Crippen molar-refractivity contribution in [2.75, 3.05) is 11.5 Å². The number of hydrogen-bond donors (Lipinski definition) is 3. The van der Waals surface area contributed by atoms with E-state index in [0.29, 0.717) is 10.7 Å². The van der Waals surface area contributed by atoms with E-state index >= 15 is 0 Å². The Morgan fingerprint density at radius 3 is 2.97 bits per heavy atom. The largest absolute Gasteiger partial charge is 0.477 e. The summed E-state index contributed by atoms with van der Waals surface area (Å²) in [4.78, 5) is 52.5. The molecule has 184 valence electrons. The molecule has 0 aliphatic carbocycles. The maximum Gasteiger partial charge on any atom is 0.353 e. The molecule has 2 atom stereocenters. The molecule has 2 aliphatic rings. The van der Waals surface area contributed by atoms with E-state index in [0.717, 1.165) is 16.9 Å². The Morgan fingerprint density at radius 1 is 1.47 bits per heavy atom. The summed E-state index contributed by atoms with van der Waals surface area (Å²) in [5.41, 5.74) is 6.38. The number of aliphatic carboxylic acids is 1. The quantitative estimate of drug-likeness (QED) is 0.195. The highest BCUT2D eigenvalue weighted by molar-refractivity contribution is 8.08. The average molecular weight is 543 g/mol. The van der Waals surface area contributed by atoms with Crippen LogP contribution in [-0.2, 0) is 19.2 Å². The summed E-state index contributed by atoms with van der Waals surface area (Å²) < 4.78 is 0. The fraction of sp³-hybridized carbons (Fsp3) is 0.182. The first-order valence-corrected chi connectivity index (χ1v) is 13.0. The highest BCUT2D eigenvalue weighted by Crippen LogP contribution is 2.43. The van der Waals surface area contributed by atoms with Crippen LogP contribution >= 0.6 is 34.9 Å². The molecule has 4 N–H and O–H groups in total. The normalized spacial score (nSPS) is 19.3. The van der Waals surface area contributed by atoms with Crippen LogP contribution in [0.5, 0.6) is 0 Å². The van der Waals surface area contributed by atoms with Crippen LogP contribution in [0.25, 0.3) is 6.08 Å². The summed E-state index contributed by atoms with van der Waals surface area (Å²) in [5, 5.41) is 19.1. The number of carbonyl (C=O) groups is 3. The third-order valence-electron chi connectivity index (χ3n) is 4.84. The van der Waals surface area contributed by atoms with Gasteiger partial charge in [-0.25, -0.2) is 9.78 Å². The number of aromatic nitrogens is 2. The molecule has 0 bridgehead atoms. The van der Waals surface area contributed by atoms with Gasteiger partial charge in [-0.05, 0) is 23.1 Å². The molecule has 14 heteroatoms. The van der Waals surface area contributed by atoms with Crippen LogP contribution in [0.15, 0.2) is 51.1 Å². The summed E-state index contributed by atoms with van der Waals surface area (Å²) in [5.74, 6) is 0.344. The Labute approximate surface area is 217 Å². The number of fused-ring (bicyclic) bond motifs is 1. The Balaban J connectivity index is 1.49. The van der Waals surface area contributed by atoms with Crippen LogP contribution in [0.2, 0.25) is 0 Å². The molecule has 11 nitrogen and oxygen atoms in total. The predicted octanol–water partition coefficient (Wildman–Crippen LogP) is 1.92. The molecule has 0 saturated carbocycles. The predicted molar refractivity (Wildman–Crippen MR) is 138 cm³/mol. The van der Waals surface area contributed by atoms with E-state index in [9.17, 15) is 19.5 Å². The molecule has 1 fully saturated rings. The maximum atomic E-state index is 13.0. The smallest absolute Gasteiger partial charge is 0.353 e. The molecule has 0 radical (unpaired) electrons. The molecule has 36 heavy (non-hydrogen) atoms. The lowest BCUT2D eigenvalue weighted by Crippen LogP contribution is -2.71. The molecule has 2 aliphatic heterocycles. The zero-order valence-electron chi connectivity index (χ0n) is 18.6. The van der Waals surface area contributed by atoms with Gasteiger partial charge in [-0.1, -0.05) is 28.9 Å². The van der Waals surface area contributed by atoms with Gasteiger partial charge in [-0.2, -0.15) is 0 Å². The highest BCUT2D eigenvalue weighted by atomic mass is 32.2. The fourth-order valence-electron chi connectivity index (χ4n) is 3.28. The minimum atomic E-state index is -1.22. The van der Waals surface area contributed by atoms with Gasteiger partial charge >= 0.3 is 5.97 Å². The Kier molecular flexibility index (Phi) is 7.93. The van der Waals surface area contributed by atoms with Crippen LogP contribution in [0, 0.1) is 12.0 Å². The maximum absolute atomic E-state index is 13.0. The Bertz CT molecular complexity index is 1340. The molecule has 2 amide bonds. The lowest BCUT2D eigenvalue weighted by Gasteiger charge is -2.49. The molecule has 2 aromatic rings. The highest BCUT2D eigenvalue weighted by Gasteiger charge is 2.54. The van der Waals surface area contributed by atoms with E-state index < -0.39 is 29.2 Å². The van der Waals surface area contributed by atoms with Crippen molar-refractivity contribution in [2.24, 2.45) is 5.16 Å². The number of anilines is 1. The number of carbonyl (C=O) groups excluding carboxylic acids is 2. The van der Waals surface area contributed by atoms with E-state index in [-0.39, 0.29) is 22.2 Å². The van der Waals surface area contributed by atoms with Crippen molar-refractivity contribution in [3.05, 3.63) is 57.2 Å². The molecule has 0 aromatic carbocycles. The van der Waals surface area contributed by atoms with Gasteiger partial charge in [-0.3, -0.25) is 19.5 Å². The summed E-state index contributed by atoms with van der Waals surface area (Å²) in [6.45, 7) is 1.53. The van der Waals surface area contributed by atoms with Crippen LogP contribution in [0.3, 0.4) is 0 Å². The third-order valence-corrected chi connectivity index (χ3v) is 7.87. The number of amides is 2. The van der Waals surface area contributed by atoms with Crippen molar-refractivity contribution >= 4 is 69.6 Å².